The van der Waals surface area contributed by atoms with Gasteiger partial charge in [0.25, 0.3) is 0 Å². The van der Waals surface area contributed by atoms with Gasteiger partial charge in [0.1, 0.15) is 12.4 Å². The van der Waals surface area contributed by atoms with E-state index in [1.807, 2.05) is 0 Å². The van der Waals surface area contributed by atoms with Gasteiger partial charge in [-0.25, -0.2) is 9.78 Å². The summed E-state index contributed by atoms with van der Waals surface area (Å²) < 4.78 is 0. The predicted molar refractivity (Wildman–Crippen MR) is 81.1 cm³/mol. The van der Waals surface area contributed by atoms with Gasteiger partial charge in [-0.2, -0.15) is 5.10 Å². The quantitative estimate of drug-likeness (QED) is 0.798. The van der Waals surface area contributed by atoms with Crippen LogP contribution in [0.5, 0.6) is 0 Å². The van der Waals surface area contributed by atoms with Gasteiger partial charge in [-0.3, -0.25) is 14.9 Å². The molecule has 1 aliphatic rings. The first-order valence-electron chi connectivity index (χ1n) is 7.22. The van der Waals surface area contributed by atoms with Crippen molar-refractivity contribution >= 4 is 11.9 Å². The molecule has 0 saturated carbocycles. The third-order valence-corrected chi connectivity index (χ3v) is 3.56. The Kier molecular flexibility index (Phi) is 4.18. The molecule has 9 heteroatoms. The summed E-state index contributed by atoms with van der Waals surface area (Å²) in [5.74, 6) is 0.874. The number of rotatable bonds is 5. The lowest BCUT2D eigenvalue weighted by Gasteiger charge is -2.15. The van der Waals surface area contributed by atoms with Crippen LogP contribution in [0.1, 0.15) is 5.82 Å². The van der Waals surface area contributed by atoms with Crippen molar-refractivity contribution in [2.75, 3.05) is 26.7 Å². The summed E-state index contributed by atoms with van der Waals surface area (Å²) in [5, 5.41) is 9.62. The molecule has 23 heavy (non-hydrogen) atoms. The summed E-state index contributed by atoms with van der Waals surface area (Å²) in [5.41, 5.74) is 0.847. The summed E-state index contributed by atoms with van der Waals surface area (Å²) in [4.78, 5) is 35.0. The Bertz CT molecular complexity index is 700. The van der Waals surface area contributed by atoms with Gasteiger partial charge in [0, 0.05) is 38.1 Å². The lowest BCUT2D eigenvalue weighted by Crippen LogP contribution is -2.39. The summed E-state index contributed by atoms with van der Waals surface area (Å²) in [7, 11) is 1.72. The van der Waals surface area contributed by atoms with Crippen molar-refractivity contribution < 1.29 is 9.59 Å². The zero-order valence-corrected chi connectivity index (χ0v) is 12.7. The van der Waals surface area contributed by atoms with E-state index in [-0.39, 0.29) is 25.0 Å². The molecule has 2 aromatic heterocycles. The highest BCUT2D eigenvalue weighted by molar-refractivity contribution is 5.84. The van der Waals surface area contributed by atoms with Gasteiger partial charge in [0.05, 0.1) is 6.54 Å². The van der Waals surface area contributed by atoms with Crippen LogP contribution in [0.3, 0.4) is 0 Å². The maximum absolute atomic E-state index is 11.9. The van der Waals surface area contributed by atoms with Gasteiger partial charge < -0.3 is 15.1 Å². The standard InChI is InChI=1S/C14H17N7O2/c1-20-6-7-21(14(20)23)9-12(22)16-8-11-17-13(19-18-11)10-2-4-15-5-3-10/h2-5H,6-9H2,1H3,(H,16,22)(H,17,18,19). The molecule has 1 aliphatic heterocycles. The van der Waals surface area contributed by atoms with E-state index in [0.29, 0.717) is 24.7 Å². The third kappa shape index (κ3) is 3.44. The minimum atomic E-state index is -0.226. The number of carbonyl (C=O) groups is 2. The van der Waals surface area contributed by atoms with E-state index in [1.165, 1.54) is 4.90 Å². The van der Waals surface area contributed by atoms with Crippen molar-refractivity contribution in [1.29, 1.82) is 0 Å². The Balaban J connectivity index is 1.52. The molecule has 0 bridgehead atoms. The van der Waals surface area contributed by atoms with E-state index in [4.69, 9.17) is 0 Å². The molecule has 1 saturated heterocycles. The second-order valence-electron chi connectivity index (χ2n) is 5.24. The minimum Gasteiger partial charge on any atom is -0.347 e. The average Bonchev–Trinajstić information content (AvgIpc) is 3.16. The second kappa shape index (κ2) is 6.42. The van der Waals surface area contributed by atoms with E-state index in [9.17, 15) is 9.59 Å². The molecular weight excluding hydrogens is 298 g/mol. The highest BCUT2D eigenvalue weighted by Gasteiger charge is 2.26. The Hall–Kier alpha value is -2.97. The molecule has 0 unspecified atom stereocenters. The fourth-order valence-electron chi connectivity index (χ4n) is 2.27. The third-order valence-electron chi connectivity index (χ3n) is 3.56. The largest absolute Gasteiger partial charge is 0.347 e. The van der Waals surface area contributed by atoms with E-state index < -0.39 is 0 Å². The van der Waals surface area contributed by atoms with Gasteiger partial charge in [0.2, 0.25) is 5.91 Å². The fraction of sp³-hybridized carbons (Fsp3) is 0.357. The van der Waals surface area contributed by atoms with Crippen LogP contribution < -0.4 is 5.32 Å². The molecule has 3 heterocycles. The van der Waals surface area contributed by atoms with E-state index in [1.54, 1.807) is 36.5 Å². The molecule has 2 N–H and O–H groups in total. The molecule has 0 atom stereocenters. The van der Waals surface area contributed by atoms with Crippen LogP contribution in [-0.4, -0.2) is 68.6 Å². The van der Waals surface area contributed by atoms with Gasteiger partial charge in [0.15, 0.2) is 5.82 Å². The zero-order chi connectivity index (χ0) is 16.2. The van der Waals surface area contributed by atoms with Crippen LogP contribution in [-0.2, 0) is 11.3 Å². The van der Waals surface area contributed by atoms with Crippen molar-refractivity contribution in [1.82, 2.24) is 35.3 Å². The van der Waals surface area contributed by atoms with Crippen molar-refractivity contribution in [3.05, 3.63) is 30.4 Å². The number of likely N-dealkylation sites (N-methyl/N-ethyl adjacent to an activating group) is 1. The maximum atomic E-state index is 11.9. The summed E-state index contributed by atoms with van der Waals surface area (Å²) in [6.07, 6.45) is 3.33. The number of pyridine rings is 1. The van der Waals surface area contributed by atoms with E-state index in [2.05, 4.69) is 25.5 Å². The lowest BCUT2D eigenvalue weighted by atomic mass is 10.2. The number of carbonyl (C=O) groups excluding carboxylic acids is 2. The van der Waals surface area contributed by atoms with Crippen LogP contribution in [0.2, 0.25) is 0 Å². The van der Waals surface area contributed by atoms with Gasteiger partial charge in [-0.05, 0) is 12.1 Å². The molecule has 1 fully saturated rings. The molecule has 3 amide bonds. The number of nitrogens with one attached hydrogen (secondary N) is 2. The fourth-order valence-corrected chi connectivity index (χ4v) is 2.27. The highest BCUT2D eigenvalue weighted by Crippen LogP contribution is 2.12. The maximum Gasteiger partial charge on any atom is 0.320 e. The second-order valence-corrected chi connectivity index (χ2v) is 5.24. The Labute approximate surface area is 132 Å². The Morgan fingerprint density at radius 1 is 1.35 bits per heavy atom. The number of hydrogen-bond donors (Lipinski definition) is 2. The molecule has 0 spiro atoms. The number of aromatic amines is 1. The van der Waals surface area contributed by atoms with Crippen LogP contribution in [0, 0.1) is 0 Å². The van der Waals surface area contributed by atoms with E-state index >= 15 is 0 Å². The van der Waals surface area contributed by atoms with Gasteiger partial charge in [-0.15, -0.1) is 0 Å². The summed E-state index contributed by atoms with van der Waals surface area (Å²) in [6.45, 7) is 1.49. The van der Waals surface area contributed by atoms with Crippen molar-refractivity contribution in [2.24, 2.45) is 0 Å². The van der Waals surface area contributed by atoms with Crippen LogP contribution in [0.25, 0.3) is 11.4 Å². The monoisotopic (exact) mass is 315 g/mol. The molecule has 0 aromatic carbocycles. The van der Waals surface area contributed by atoms with Crippen LogP contribution in [0.15, 0.2) is 24.5 Å². The number of H-pyrrole nitrogens is 1. The first-order chi connectivity index (χ1) is 11.1. The number of aromatic nitrogens is 4. The number of nitrogens with zero attached hydrogens (tertiary/aromatic N) is 5. The first-order valence-corrected chi connectivity index (χ1v) is 7.22. The SMILES string of the molecule is CN1CCN(CC(=O)NCc2nc(-c3ccncc3)n[nH]2)C1=O. The normalized spacial score (nSPS) is 14.4. The first kappa shape index (κ1) is 14.9. The smallest absolute Gasteiger partial charge is 0.320 e. The van der Waals surface area contributed by atoms with Gasteiger partial charge >= 0.3 is 6.03 Å². The Morgan fingerprint density at radius 2 is 2.13 bits per heavy atom. The summed E-state index contributed by atoms with van der Waals surface area (Å²) >= 11 is 0. The predicted octanol–water partition coefficient (Wildman–Crippen LogP) is -0.150. The molecule has 120 valence electrons. The topological polar surface area (TPSA) is 107 Å². The number of amides is 3. The average molecular weight is 315 g/mol. The van der Waals surface area contributed by atoms with Crippen molar-refractivity contribution in [2.45, 2.75) is 6.54 Å². The number of urea groups is 1. The lowest BCUT2D eigenvalue weighted by molar-refractivity contribution is -0.121. The van der Waals surface area contributed by atoms with Gasteiger partial charge in [-0.1, -0.05) is 0 Å². The minimum absolute atomic E-state index is 0.0501. The van der Waals surface area contributed by atoms with Crippen molar-refractivity contribution in [3.63, 3.8) is 0 Å². The number of hydrogen-bond acceptors (Lipinski definition) is 5. The highest BCUT2D eigenvalue weighted by atomic mass is 16.2. The molecule has 3 rings (SSSR count). The van der Waals surface area contributed by atoms with Crippen molar-refractivity contribution in [3.8, 4) is 11.4 Å². The zero-order valence-electron chi connectivity index (χ0n) is 12.7. The molecule has 2 aromatic rings. The molecule has 0 aliphatic carbocycles. The molecule has 9 nitrogen and oxygen atoms in total. The Morgan fingerprint density at radius 3 is 2.83 bits per heavy atom. The molecule has 0 radical (unpaired) electrons. The van der Waals surface area contributed by atoms with E-state index in [0.717, 1.165) is 5.56 Å². The van der Waals surface area contributed by atoms with Crippen LogP contribution in [0.4, 0.5) is 4.79 Å². The van der Waals surface area contributed by atoms with Crippen LogP contribution >= 0.6 is 0 Å². The summed E-state index contributed by atoms with van der Waals surface area (Å²) in [6, 6.07) is 3.49. The molecular formula is C14H17N7O2.